The van der Waals surface area contributed by atoms with Gasteiger partial charge in [0.2, 0.25) is 0 Å². The number of aldehydes is 1. The molecule has 0 N–H and O–H groups in total. The van der Waals surface area contributed by atoms with E-state index in [4.69, 9.17) is 4.74 Å². The maximum absolute atomic E-state index is 11.2. The number of hydrogen-bond donors (Lipinski definition) is 0. The van der Waals surface area contributed by atoms with Gasteiger partial charge in [-0.1, -0.05) is 48.5 Å². The van der Waals surface area contributed by atoms with Crippen LogP contribution in [0.5, 0.6) is 5.75 Å². The summed E-state index contributed by atoms with van der Waals surface area (Å²) in [6.45, 7) is 0. The quantitative estimate of drug-likeness (QED) is 0.601. The summed E-state index contributed by atoms with van der Waals surface area (Å²) in [6, 6.07) is 17.6. The number of allylic oxidation sites excluding steroid dienone is 2. The molecule has 0 saturated carbocycles. The predicted octanol–water partition coefficient (Wildman–Crippen LogP) is 3.52. The molecule has 0 bridgehead atoms. The summed E-state index contributed by atoms with van der Waals surface area (Å²) in [6.07, 6.45) is 3.57. The van der Waals surface area contributed by atoms with Crippen molar-refractivity contribution in [3.05, 3.63) is 71.8 Å². The van der Waals surface area contributed by atoms with E-state index in [1.807, 2.05) is 60.7 Å². The van der Waals surface area contributed by atoms with Crippen LogP contribution in [0.2, 0.25) is 0 Å². The molecule has 0 amide bonds. The van der Waals surface area contributed by atoms with Crippen molar-refractivity contribution in [3.8, 4) is 5.75 Å². The summed E-state index contributed by atoms with van der Waals surface area (Å²) >= 11 is 0. The molecule has 0 aromatic heterocycles. The Balaban J connectivity index is 2.21. The van der Waals surface area contributed by atoms with Crippen LogP contribution in [-0.4, -0.2) is 13.4 Å². The second-order valence-electron chi connectivity index (χ2n) is 4.20. The molecule has 19 heavy (non-hydrogen) atoms. The molecule has 0 aliphatic heterocycles. The highest BCUT2D eigenvalue weighted by molar-refractivity contribution is 6.07. The fourth-order valence-corrected chi connectivity index (χ4v) is 1.88. The van der Waals surface area contributed by atoms with Crippen LogP contribution < -0.4 is 4.74 Å². The van der Waals surface area contributed by atoms with Gasteiger partial charge in [0.05, 0.1) is 7.11 Å². The second-order valence-corrected chi connectivity index (χ2v) is 4.20. The van der Waals surface area contributed by atoms with Crippen molar-refractivity contribution < 1.29 is 9.53 Å². The molecule has 2 aromatic carbocycles. The van der Waals surface area contributed by atoms with Gasteiger partial charge >= 0.3 is 0 Å². The standard InChI is InChI=1S/C17H16O2/c1-19-17-9-5-8-15(12-17)16(13-18)11-10-14-6-3-2-4-7-14/h2-9,11-13H,10H2,1H3. The van der Waals surface area contributed by atoms with E-state index in [1.54, 1.807) is 7.11 Å². The lowest BCUT2D eigenvalue weighted by atomic mass is 10.0. The van der Waals surface area contributed by atoms with Gasteiger partial charge in [-0.3, -0.25) is 4.79 Å². The van der Waals surface area contributed by atoms with E-state index in [0.29, 0.717) is 5.57 Å². The summed E-state index contributed by atoms with van der Waals surface area (Å²) < 4.78 is 5.17. The number of hydrogen-bond acceptors (Lipinski definition) is 2. The van der Waals surface area contributed by atoms with Crippen LogP contribution in [0.4, 0.5) is 0 Å². The summed E-state index contributed by atoms with van der Waals surface area (Å²) in [5.74, 6) is 0.755. The van der Waals surface area contributed by atoms with Gasteiger partial charge in [-0.2, -0.15) is 0 Å². The van der Waals surface area contributed by atoms with Crippen LogP contribution >= 0.6 is 0 Å². The Labute approximate surface area is 113 Å². The SMILES string of the molecule is COc1cccc(C(C=O)=CCc2ccccc2)c1. The second kappa shape index (κ2) is 6.55. The first kappa shape index (κ1) is 13.1. The van der Waals surface area contributed by atoms with Gasteiger partial charge in [-0.25, -0.2) is 0 Å². The van der Waals surface area contributed by atoms with Gasteiger partial charge < -0.3 is 4.74 Å². The van der Waals surface area contributed by atoms with Gasteiger partial charge in [-0.05, 0) is 29.7 Å². The molecule has 0 atom stereocenters. The van der Waals surface area contributed by atoms with E-state index in [1.165, 1.54) is 5.56 Å². The highest BCUT2D eigenvalue weighted by Crippen LogP contribution is 2.19. The lowest BCUT2D eigenvalue weighted by Crippen LogP contribution is -1.90. The number of methoxy groups -OCH3 is 1. The molecular formula is C17H16O2. The first-order valence-corrected chi connectivity index (χ1v) is 6.17. The van der Waals surface area contributed by atoms with E-state index in [-0.39, 0.29) is 0 Å². The lowest BCUT2D eigenvalue weighted by Gasteiger charge is -2.04. The van der Waals surface area contributed by atoms with Crippen LogP contribution in [0.25, 0.3) is 5.57 Å². The molecule has 0 heterocycles. The topological polar surface area (TPSA) is 26.3 Å². The summed E-state index contributed by atoms with van der Waals surface area (Å²) in [5.41, 5.74) is 2.75. The fourth-order valence-electron chi connectivity index (χ4n) is 1.88. The van der Waals surface area contributed by atoms with Crippen LogP contribution in [0.1, 0.15) is 11.1 Å². The largest absolute Gasteiger partial charge is 0.497 e. The third-order valence-electron chi connectivity index (χ3n) is 2.93. The number of benzene rings is 2. The minimum Gasteiger partial charge on any atom is -0.497 e. The van der Waals surface area contributed by atoms with Crippen molar-refractivity contribution >= 4 is 11.9 Å². The Bertz CT molecular complexity index is 571. The van der Waals surface area contributed by atoms with Gasteiger partial charge in [0.15, 0.2) is 0 Å². The first-order chi connectivity index (χ1) is 9.33. The molecule has 2 rings (SSSR count). The normalized spacial score (nSPS) is 11.1. The molecule has 2 nitrogen and oxygen atoms in total. The van der Waals surface area contributed by atoms with Gasteiger partial charge in [0, 0.05) is 5.57 Å². The van der Waals surface area contributed by atoms with E-state index in [0.717, 1.165) is 24.0 Å². The Morgan fingerprint density at radius 1 is 1.11 bits per heavy atom. The molecular weight excluding hydrogens is 236 g/mol. The van der Waals surface area contributed by atoms with Gasteiger partial charge in [-0.15, -0.1) is 0 Å². The van der Waals surface area contributed by atoms with Crippen LogP contribution in [0.15, 0.2) is 60.7 Å². The van der Waals surface area contributed by atoms with Crippen molar-refractivity contribution in [2.45, 2.75) is 6.42 Å². The minimum absolute atomic E-state index is 0.683. The van der Waals surface area contributed by atoms with Crippen molar-refractivity contribution in [3.63, 3.8) is 0 Å². The molecule has 0 spiro atoms. The summed E-state index contributed by atoms with van der Waals surface area (Å²) in [7, 11) is 1.62. The Morgan fingerprint density at radius 2 is 1.89 bits per heavy atom. The maximum atomic E-state index is 11.2. The minimum atomic E-state index is 0.683. The lowest BCUT2D eigenvalue weighted by molar-refractivity contribution is -0.103. The monoisotopic (exact) mass is 252 g/mol. The van der Waals surface area contributed by atoms with Gasteiger partial charge in [0.25, 0.3) is 0 Å². The molecule has 96 valence electrons. The van der Waals surface area contributed by atoms with Crippen LogP contribution in [0.3, 0.4) is 0 Å². The third kappa shape index (κ3) is 3.55. The average Bonchev–Trinajstić information content (AvgIpc) is 2.49. The Kier molecular flexibility index (Phi) is 4.51. The highest BCUT2D eigenvalue weighted by Gasteiger charge is 2.01. The van der Waals surface area contributed by atoms with Gasteiger partial charge in [0.1, 0.15) is 12.0 Å². The van der Waals surface area contributed by atoms with Crippen molar-refractivity contribution in [2.75, 3.05) is 7.11 Å². The molecule has 0 fully saturated rings. The van der Waals surface area contributed by atoms with Crippen molar-refractivity contribution in [2.24, 2.45) is 0 Å². The zero-order valence-electron chi connectivity index (χ0n) is 10.9. The van der Waals surface area contributed by atoms with E-state index in [2.05, 4.69) is 0 Å². The molecule has 2 heteroatoms. The predicted molar refractivity (Wildman–Crippen MR) is 77.2 cm³/mol. The van der Waals surface area contributed by atoms with Crippen molar-refractivity contribution in [1.82, 2.24) is 0 Å². The highest BCUT2D eigenvalue weighted by atomic mass is 16.5. The van der Waals surface area contributed by atoms with E-state index >= 15 is 0 Å². The number of carbonyl (C=O) groups excluding carboxylic acids is 1. The fraction of sp³-hybridized carbons (Fsp3) is 0.118. The van der Waals surface area contributed by atoms with Crippen molar-refractivity contribution in [1.29, 1.82) is 0 Å². The molecule has 0 radical (unpaired) electrons. The Morgan fingerprint density at radius 3 is 2.58 bits per heavy atom. The molecule has 0 saturated heterocycles. The zero-order valence-corrected chi connectivity index (χ0v) is 10.9. The third-order valence-corrected chi connectivity index (χ3v) is 2.93. The molecule has 0 aliphatic carbocycles. The number of ether oxygens (including phenoxy) is 1. The Hall–Kier alpha value is -2.35. The van der Waals surface area contributed by atoms with E-state index in [9.17, 15) is 4.79 Å². The molecule has 0 aliphatic rings. The average molecular weight is 252 g/mol. The molecule has 0 unspecified atom stereocenters. The first-order valence-electron chi connectivity index (χ1n) is 6.17. The number of rotatable bonds is 5. The summed E-state index contributed by atoms with van der Waals surface area (Å²) in [4.78, 5) is 11.2. The van der Waals surface area contributed by atoms with Crippen LogP contribution in [0, 0.1) is 0 Å². The zero-order chi connectivity index (χ0) is 13.5. The maximum Gasteiger partial charge on any atom is 0.150 e. The smallest absolute Gasteiger partial charge is 0.150 e. The number of carbonyl (C=O) groups is 1. The molecule has 2 aromatic rings. The van der Waals surface area contributed by atoms with E-state index < -0.39 is 0 Å². The van der Waals surface area contributed by atoms with Crippen LogP contribution in [-0.2, 0) is 11.2 Å². The summed E-state index contributed by atoms with van der Waals surface area (Å²) in [5, 5.41) is 0.